The molecule has 4 rings (SSSR count). The van der Waals surface area contributed by atoms with Crippen LogP contribution in [0, 0.1) is 0 Å². The van der Waals surface area contributed by atoms with E-state index in [-0.39, 0.29) is 0 Å². The average molecular weight is 391 g/mol. The van der Waals surface area contributed by atoms with Crippen molar-refractivity contribution in [1.29, 1.82) is 0 Å². The molecule has 0 aliphatic rings. The quantitative estimate of drug-likeness (QED) is 0.469. The first-order valence-electron chi connectivity index (χ1n) is 9.29. The predicted molar refractivity (Wildman–Crippen MR) is 110 cm³/mol. The molecule has 0 unspecified atom stereocenters. The van der Waals surface area contributed by atoms with Gasteiger partial charge in [-0.25, -0.2) is 4.68 Å². The third-order valence-corrected chi connectivity index (χ3v) is 4.48. The zero-order valence-corrected chi connectivity index (χ0v) is 16.5. The zero-order chi connectivity index (χ0) is 20.2. The fourth-order valence-electron chi connectivity index (χ4n) is 3.03. The lowest BCUT2D eigenvalue weighted by Crippen LogP contribution is -1.98. The first kappa shape index (κ1) is 18.7. The molecule has 0 saturated heterocycles. The topological polar surface area (TPSA) is 88.1 Å². The lowest BCUT2D eigenvalue weighted by atomic mass is 10.2. The summed E-state index contributed by atoms with van der Waals surface area (Å²) in [7, 11) is 3.21. The summed E-state index contributed by atoms with van der Waals surface area (Å²) in [6.45, 7) is 2.95. The molecule has 0 saturated carbocycles. The van der Waals surface area contributed by atoms with Crippen LogP contribution in [0.15, 0.2) is 40.9 Å². The SMILES string of the molecule is CCCn1nnc2cc(-c3noc(/C=C/c4ccc(OC)c(OC)c4)n3)ccc21. The highest BCUT2D eigenvalue weighted by Crippen LogP contribution is 2.28. The molecule has 0 atom stereocenters. The molecule has 0 spiro atoms. The summed E-state index contributed by atoms with van der Waals surface area (Å²) in [5.41, 5.74) is 3.56. The minimum Gasteiger partial charge on any atom is -0.493 e. The van der Waals surface area contributed by atoms with Gasteiger partial charge in [0.25, 0.3) is 5.89 Å². The second kappa shape index (κ2) is 8.14. The largest absolute Gasteiger partial charge is 0.493 e. The molecule has 0 aliphatic carbocycles. The molecular weight excluding hydrogens is 370 g/mol. The first-order chi connectivity index (χ1) is 14.2. The van der Waals surface area contributed by atoms with Crippen LogP contribution < -0.4 is 9.47 Å². The van der Waals surface area contributed by atoms with Gasteiger partial charge in [0.05, 0.1) is 19.7 Å². The van der Waals surface area contributed by atoms with Crippen LogP contribution in [-0.2, 0) is 6.54 Å². The Morgan fingerprint density at radius 3 is 2.69 bits per heavy atom. The minimum absolute atomic E-state index is 0.407. The van der Waals surface area contributed by atoms with Crippen molar-refractivity contribution in [3.8, 4) is 22.9 Å². The number of rotatable bonds is 7. The Morgan fingerprint density at radius 1 is 1.03 bits per heavy atom. The summed E-state index contributed by atoms with van der Waals surface area (Å²) < 4.78 is 17.8. The van der Waals surface area contributed by atoms with Crippen LogP contribution in [0.2, 0.25) is 0 Å². The van der Waals surface area contributed by atoms with E-state index in [0.717, 1.165) is 35.1 Å². The van der Waals surface area contributed by atoms with Crippen molar-refractivity contribution in [3.63, 3.8) is 0 Å². The smallest absolute Gasteiger partial charge is 0.250 e. The predicted octanol–water partition coefficient (Wildman–Crippen LogP) is 4.08. The van der Waals surface area contributed by atoms with Gasteiger partial charge in [0.2, 0.25) is 5.82 Å². The van der Waals surface area contributed by atoms with E-state index in [9.17, 15) is 0 Å². The molecule has 148 valence electrons. The van der Waals surface area contributed by atoms with Crippen molar-refractivity contribution in [2.24, 2.45) is 0 Å². The molecule has 0 N–H and O–H groups in total. The Balaban J connectivity index is 1.55. The number of ether oxygens (including phenoxy) is 2. The third-order valence-electron chi connectivity index (χ3n) is 4.48. The maximum absolute atomic E-state index is 5.35. The minimum atomic E-state index is 0.407. The molecule has 8 heteroatoms. The van der Waals surface area contributed by atoms with Gasteiger partial charge in [-0.15, -0.1) is 5.10 Å². The molecule has 8 nitrogen and oxygen atoms in total. The summed E-state index contributed by atoms with van der Waals surface area (Å²) in [6, 6.07) is 11.5. The number of aryl methyl sites for hydroxylation is 1. The Kier molecular flexibility index (Phi) is 5.24. The molecule has 2 aromatic carbocycles. The van der Waals surface area contributed by atoms with E-state index in [0.29, 0.717) is 23.2 Å². The molecule has 0 radical (unpaired) electrons. The van der Waals surface area contributed by atoms with Gasteiger partial charge >= 0.3 is 0 Å². The number of aromatic nitrogens is 5. The van der Waals surface area contributed by atoms with Gasteiger partial charge in [-0.2, -0.15) is 4.98 Å². The molecule has 0 amide bonds. The van der Waals surface area contributed by atoms with Gasteiger partial charge in [-0.05, 0) is 48.4 Å². The van der Waals surface area contributed by atoms with Crippen LogP contribution in [-0.4, -0.2) is 39.4 Å². The second-order valence-electron chi connectivity index (χ2n) is 6.42. The van der Waals surface area contributed by atoms with Crippen LogP contribution in [0.25, 0.3) is 34.6 Å². The summed E-state index contributed by atoms with van der Waals surface area (Å²) >= 11 is 0. The zero-order valence-electron chi connectivity index (χ0n) is 16.5. The fourth-order valence-corrected chi connectivity index (χ4v) is 3.03. The van der Waals surface area contributed by atoms with Crippen molar-refractivity contribution >= 4 is 23.2 Å². The Labute approximate surface area is 167 Å². The van der Waals surface area contributed by atoms with E-state index in [1.54, 1.807) is 20.3 Å². The van der Waals surface area contributed by atoms with E-state index >= 15 is 0 Å². The van der Waals surface area contributed by atoms with Gasteiger partial charge in [0, 0.05) is 18.2 Å². The highest BCUT2D eigenvalue weighted by atomic mass is 16.5. The molecule has 0 aliphatic heterocycles. The van der Waals surface area contributed by atoms with Crippen molar-refractivity contribution in [2.75, 3.05) is 14.2 Å². The fraction of sp³-hybridized carbons (Fsp3) is 0.238. The average Bonchev–Trinajstić information content (AvgIpc) is 3.39. The summed E-state index contributed by atoms with van der Waals surface area (Å²) in [5, 5.41) is 12.5. The second-order valence-corrected chi connectivity index (χ2v) is 6.42. The van der Waals surface area contributed by atoms with Gasteiger partial charge in [-0.1, -0.05) is 23.4 Å². The van der Waals surface area contributed by atoms with E-state index in [2.05, 4.69) is 27.4 Å². The third kappa shape index (κ3) is 3.82. The maximum Gasteiger partial charge on any atom is 0.250 e. The van der Waals surface area contributed by atoms with Crippen LogP contribution in [0.3, 0.4) is 0 Å². The number of hydrogen-bond acceptors (Lipinski definition) is 7. The Bertz CT molecular complexity index is 1160. The molecule has 0 bridgehead atoms. The van der Waals surface area contributed by atoms with Gasteiger partial charge in [0.1, 0.15) is 5.52 Å². The van der Waals surface area contributed by atoms with Gasteiger partial charge in [-0.3, -0.25) is 0 Å². The summed E-state index contributed by atoms with van der Waals surface area (Å²) in [6.07, 6.45) is 4.63. The van der Waals surface area contributed by atoms with Crippen molar-refractivity contribution in [2.45, 2.75) is 19.9 Å². The number of fused-ring (bicyclic) bond motifs is 1. The van der Waals surface area contributed by atoms with Crippen LogP contribution in [0.1, 0.15) is 24.8 Å². The molecule has 2 aromatic heterocycles. The lowest BCUT2D eigenvalue weighted by Gasteiger charge is -2.07. The number of benzene rings is 2. The first-order valence-corrected chi connectivity index (χ1v) is 9.29. The lowest BCUT2D eigenvalue weighted by molar-refractivity contribution is 0.355. The monoisotopic (exact) mass is 391 g/mol. The molecule has 29 heavy (non-hydrogen) atoms. The van der Waals surface area contributed by atoms with Crippen LogP contribution >= 0.6 is 0 Å². The molecule has 2 heterocycles. The molecular formula is C21H21N5O3. The highest BCUT2D eigenvalue weighted by Gasteiger charge is 2.11. The van der Waals surface area contributed by atoms with Crippen molar-refractivity contribution in [3.05, 3.63) is 47.9 Å². The number of hydrogen-bond donors (Lipinski definition) is 0. The number of nitrogens with zero attached hydrogens (tertiary/aromatic N) is 5. The van der Waals surface area contributed by atoms with Crippen molar-refractivity contribution in [1.82, 2.24) is 25.1 Å². The van der Waals surface area contributed by atoms with E-state index < -0.39 is 0 Å². The van der Waals surface area contributed by atoms with Crippen LogP contribution in [0.4, 0.5) is 0 Å². The van der Waals surface area contributed by atoms with Crippen molar-refractivity contribution < 1.29 is 14.0 Å². The van der Waals surface area contributed by atoms with E-state index in [1.165, 1.54) is 0 Å². The molecule has 4 aromatic rings. The molecule has 0 fully saturated rings. The van der Waals surface area contributed by atoms with Crippen LogP contribution in [0.5, 0.6) is 11.5 Å². The summed E-state index contributed by atoms with van der Waals surface area (Å²) in [5.74, 6) is 2.25. The Morgan fingerprint density at radius 2 is 1.90 bits per heavy atom. The van der Waals surface area contributed by atoms with Gasteiger partial charge in [0.15, 0.2) is 11.5 Å². The number of methoxy groups -OCH3 is 2. The van der Waals surface area contributed by atoms with E-state index in [1.807, 2.05) is 47.2 Å². The van der Waals surface area contributed by atoms with Gasteiger partial charge < -0.3 is 14.0 Å². The Hall–Kier alpha value is -3.68. The summed E-state index contributed by atoms with van der Waals surface area (Å²) in [4.78, 5) is 4.45. The van der Waals surface area contributed by atoms with E-state index in [4.69, 9.17) is 14.0 Å². The maximum atomic E-state index is 5.35. The standard InChI is InChI=1S/C21H21N5O3/c1-4-11-26-17-8-7-15(13-16(17)23-25-26)21-22-20(29-24-21)10-6-14-5-9-18(27-2)19(12-14)28-3/h5-10,12-13H,4,11H2,1-3H3/b10-6+. The highest BCUT2D eigenvalue weighted by molar-refractivity contribution is 5.80. The normalized spacial score (nSPS) is 11.4.